The summed E-state index contributed by atoms with van der Waals surface area (Å²) in [6.07, 6.45) is 1.62. The zero-order valence-corrected chi connectivity index (χ0v) is 11.6. The van der Waals surface area contributed by atoms with Crippen molar-refractivity contribution in [2.75, 3.05) is 18.0 Å². The van der Waals surface area contributed by atoms with E-state index in [1.807, 2.05) is 17.8 Å². The largest absolute Gasteiger partial charge is 0.392 e. The summed E-state index contributed by atoms with van der Waals surface area (Å²) in [5.74, 6) is 0.914. The first-order valence-electron chi connectivity index (χ1n) is 5.76. The van der Waals surface area contributed by atoms with Crippen molar-refractivity contribution in [3.8, 4) is 0 Å². The van der Waals surface area contributed by atoms with Gasteiger partial charge in [-0.25, -0.2) is 4.98 Å². The number of pyridine rings is 1. The van der Waals surface area contributed by atoms with Gasteiger partial charge < -0.3 is 10.0 Å². The summed E-state index contributed by atoms with van der Waals surface area (Å²) in [6, 6.07) is 1.89. The first-order valence-corrected chi connectivity index (χ1v) is 7.08. The van der Waals surface area contributed by atoms with Crippen LogP contribution in [0.15, 0.2) is 12.3 Å². The van der Waals surface area contributed by atoms with E-state index in [-0.39, 0.29) is 6.61 Å². The predicted octanol–water partition coefficient (Wildman–Crippen LogP) is 2.56. The van der Waals surface area contributed by atoms with Crippen LogP contribution >= 0.6 is 23.4 Å². The molecule has 2 rings (SSSR count). The Morgan fingerprint density at radius 2 is 2.12 bits per heavy atom. The fourth-order valence-electron chi connectivity index (χ4n) is 2.13. The molecule has 1 aromatic rings. The van der Waals surface area contributed by atoms with Gasteiger partial charge in [-0.2, -0.15) is 11.8 Å². The quantitative estimate of drug-likeness (QED) is 0.898. The minimum absolute atomic E-state index is 0.0396. The highest BCUT2D eigenvalue weighted by molar-refractivity contribution is 8.00. The predicted molar refractivity (Wildman–Crippen MR) is 73.9 cm³/mol. The molecule has 17 heavy (non-hydrogen) atoms. The second-order valence-electron chi connectivity index (χ2n) is 4.45. The molecule has 0 aliphatic carbocycles. The van der Waals surface area contributed by atoms with Crippen molar-refractivity contribution in [2.24, 2.45) is 0 Å². The maximum absolute atomic E-state index is 9.21. The lowest BCUT2D eigenvalue weighted by molar-refractivity contribution is 0.282. The van der Waals surface area contributed by atoms with Crippen LogP contribution in [0.5, 0.6) is 0 Å². The molecule has 0 amide bonds. The molecule has 2 heterocycles. The summed E-state index contributed by atoms with van der Waals surface area (Å²) in [6.45, 7) is 6.41. The van der Waals surface area contributed by atoms with Crippen LogP contribution in [0, 0.1) is 0 Å². The van der Waals surface area contributed by atoms with Crippen LogP contribution in [0.1, 0.15) is 19.4 Å². The van der Waals surface area contributed by atoms with Crippen LogP contribution < -0.4 is 4.90 Å². The maximum atomic E-state index is 9.21. The molecular weight excluding hydrogens is 256 g/mol. The molecule has 1 saturated heterocycles. The second kappa shape index (κ2) is 5.46. The molecule has 5 heteroatoms. The summed E-state index contributed by atoms with van der Waals surface area (Å²) in [4.78, 5) is 6.62. The van der Waals surface area contributed by atoms with Crippen LogP contribution in [-0.4, -0.2) is 33.7 Å². The van der Waals surface area contributed by atoms with E-state index in [1.165, 1.54) is 0 Å². The molecule has 1 aromatic heterocycles. The summed E-state index contributed by atoms with van der Waals surface area (Å²) < 4.78 is 0. The van der Waals surface area contributed by atoms with Gasteiger partial charge in [0.1, 0.15) is 5.82 Å². The smallest absolute Gasteiger partial charge is 0.129 e. The van der Waals surface area contributed by atoms with Gasteiger partial charge >= 0.3 is 0 Å². The van der Waals surface area contributed by atoms with Gasteiger partial charge in [0, 0.05) is 35.3 Å². The Balaban J connectivity index is 2.21. The Kier molecular flexibility index (Phi) is 4.17. The van der Waals surface area contributed by atoms with Crippen LogP contribution in [0.25, 0.3) is 0 Å². The third-order valence-corrected chi connectivity index (χ3v) is 4.40. The number of aromatic nitrogens is 1. The minimum atomic E-state index is -0.0396. The molecule has 3 nitrogen and oxygen atoms in total. The highest BCUT2D eigenvalue weighted by atomic mass is 35.5. The molecule has 1 aliphatic heterocycles. The van der Waals surface area contributed by atoms with Gasteiger partial charge in [0.2, 0.25) is 0 Å². The molecule has 0 spiro atoms. The second-order valence-corrected chi connectivity index (χ2v) is 6.74. The molecule has 0 bridgehead atoms. The average Bonchev–Trinajstić information content (AvgIpc) is 2.28. The van der Waals surface area contributed by atoms with Crippen molar-refractivity contribution in [3.63, 3.8) is 0 Å². The van der Waals surface area contributed by atoms with Crippen molar-refractivity contribution in [1.29, 1.82) is 0 Å². The van der Waals surface area contributed by atoms with Crippen LogP contribution in [0.3, 0.4) is 0 Å². The third-order valence-electron chi connectivity index (χ3n) is 2.83. The summed E-state index contributed by atoms with van der Waals surface area (Å²) in [5.41, 5.74) is 0.746. The first-order chi connectivity index (χ1) is 8.10. The average molecular weight is 273 g/mol. The molecule has 0 saturated carbocycles. The molecule has 1 N–H and O–H groups in total. The van der Waals surface area contributed by atoms with E-state index in [1.54, 1.807) is 6.20 Å². The van der Waals surface area contributed by atoms with Crippen LogP contribution in [-0.2, 0) is 6.61 Å². The number of nitrogens with zero attached hydrogens (tertiary/aromatic N) is 2. The van der Waals surface area contributed by atoms with Gasteiger partial charge in [-0.1, -0.05) is 25.4 Å². The molecule has 2 atom stereocenters. The van der Waals surface area contributed by atoms with E-state index in [4.69, 9.17) is 11.6 Å². The number of anilines is 1. The number of hydrogen-bond donors (Lipinski definition) is 1. The highest BCUT2D eigenvalue weighted by Gasteiger charge is 2.23. The highest BCUT2D eigenvalue weighted by Crippen LogP contribution is 2.29. The van der Waals surface area contributed by atoms with Gasteiger partial charge in [0.25, 0.3) is 0 Å². The van der Waals surface area contributed by atoms with Gasteiger partial charge in [-0.3, -0.25) is 0 Å². The number of halogens is 1. The Morgan fingerprint density at radius 1 is 1.47 bits per heavy atom. The van der Waals surface area contributed by atoms with Crippen molar-refractivity contribution in [1.82, 2.24) is 4.98 Å². The monoisotopic (exact) mass is 272 g/mol. The SMILES string of the molecule is CC1CN(c2cc(CO)c(Cl)cn2)CC(C)S1. The van der Waals surface area contributed by atoms with Crippen LogP contribution in [0.4, 0.5) is 5.82 Å². The number of rotatable bonds is 2. The molecule has 0 aromatic carbocycles. The lowest BCUT2D eigenvalue weighted by atomic mass is 10.2. The number of thioether (sulfide) groups is 1. The maximum Gasteiger partial charge on any atom is 0.129 e. The van der Waals surface area contributed by atoms with E-state index in [9.17, 15) is 5.11 Å². The van der Waals surface area contributed by atoms with E-state index < -0.39 is 0 Å². The van der Waals surface area contributed by atoms with Crippen molar-refractivity contribution in [3.05, 3.63) is 22.8 Å². The van der Waals surface area contributed by atoms with Gasteiger partial charge in [-0.15, -0.1) is 0 Å². The minimum Gasteiger partial charge on any atom is -0.392 e. The lowest BCUT2D eigenvalue weighted by Gasteiger charge is -2.35. The normalized spacial score (nSPS) is 25.1. The number of aliphatic hydroxyl groups excluding tert-OH is 1. The molecule has 1 fully saturated rings. The van der Waals surface area contributed by atoms with Gasteiger partial charge in [0.15, 0.2) is 0 Å². The first kappa shape index (κ1) is 13.0. The molecule has 0 radical (unpaired) electrons. The Hall–Kier alpha value is -0.450. The van der Waals surface area contributed by atoms with Crippen LogP contribution in [0.2, 0.25) is 5.02 Å². The Labute approximate surface area is 111 Å². The number of hydrogen-bond acceptors (Lipinski definition) is 4. The standard InChI is InChI=1S/C12H17ClN2OS/c1-8-5-15(6-9(2)17-8)12-3-10(7-16)11(13)4-14-12/h3-4,8-9,16H,5-7H2,1-2H3. The summed E-state index contributed by atoms with van der Waals surface area (Å²) in [7, 11) is 0. The van der Waals surface area contributed by atoms with Crippen molar-refractivity contribution in [2.45, 2.75) is 31.0 Å². The molecule has 2 unspecified atom stereocenters. The fourth-order valence-corrected chi connectivity index (χ4v) is 3.62. The Bertz CT molecular complexity index is 392. The fraction of sp³-hybridized carbons (Fsp3) is 0.583. The summed E-state index contributed by atoms with van der Waals surface area (Å²) >= 11 is 7.96. The van der Waals surface area contributed by atoms with E-state index >= 15 is 0 Å². The molecule has 1 aliphatic rings. The van der Waals surface area contributed by atoms with Crippen molar-refractivity contribution >= 4 is 29.2 Å². The molecule has 94 valence electrons. The third kappa shape index (κ3) is 3.06. The van der Waals surface area contributed by atoms with E-state index in [0.29, 0.717) is 15.5 Å². The zero-order valence-electron chi connectivity index (χ0n) is 10.1. The van der Waals surface area contributed by atoms with Gasteiger partial charge in [-0.05, 0) is 6.07 Å². The van der Waals surface area contributed by atoms with E-state index in [2.05, 4.69) is 23.7 Å². The molecular formula is C12H17ClN2OS. The summed E-state index contributed by atoms with van der Waals surface area (Å²) in [5, 5.41) is 11.0. The van der Waals surface area contributed by atoms with Gasteiger partial charge in [0.05, 0.1) is 11.6 Å². The van der Waals surface area contributed by atoms with E-state index in [0.717, 1.165) is 24.5 Å². The lowest BCUT2D eigenvalue weighted by Crippen LogP contribution is -2.40. The number of aliphatic hydroxyl groups is 1. The zero-order chi connectivity index (χ0) is 12.4. The topological polar surface area (TPSA) is 36.4 Å². The van der Waals surface area contributed by atoms with Crippen molar-refractivity contribution < 1.29 is 5.11 Å². The Morgan fingerprint density at radius 3 is 2.71 bits per heavy atom.